The molecule has 2 aromatic heterocycles. The Morgan fingerprint density at radius 2 is 1.69 bits per heavy atom. The van der Waals surface area contributed by atoms with E-state index < -0.39 is 0 Å². The van der Waals surface area contributed by atoms with Gasteiger partial charge < -0.3 is 10.1 Å². The van der Waals surface area contributed by atoms with Crippen molar-refractivity contribution in [3.63, 3.8) is 0 Å². The fourth-order valence-corrected chi connectivity index (χ4v) is 2.91. The smallest absolute Gasteiger partial charge is 0.277 e. The maximum absolute atomic E-state index is 12.4. The monoisotopic (exact) mass is 407 g/mol. The maximum atomic E-state index is 12.4. The van der Waals surface area contributed by atoms with Crippen molar-refractivity contribution in [1.29, 1.82) is 0 Å². The third kappa shape index (κ3) is 4.83. The molecule has 0 atom stereocenters. The summed E-state index contributed by atoms with van der Waals surface area (Å²) in [6.07, 6.45) is 3.48. The lowest BCUT2D eigenvalue weighted by atomic mass is 10.2. The number of hydrogen-bond donors (Lipinski definition) is 1. The Balaban J connectivity index is 1.34. The van der Waals surface area contributed by atoms with Crippen LogP contribution in [0, 0.1) is 0 Å². The van der Waals surface area contributed by atoms with Crippen molar-refractivity contribution in [3.8, 4) is 5.75 Å². The molecule has 146 valence electrons. The van der Waals surface area contributed by atoms with Crippen LogP contribution in [0.3, 0.4) is 0 Å². The van der Waals surface area contributed by atoms with Crippen LogP contribution in [0.4, 0.5) is 5.82 Å². The van der Waals surface area contributed by atoms with Gasteiger partial charge in [-0.05, 0) is 23.8 Å². The highest BCUT2D eigenvalue weighted by molar-refractivity contribution is 6.32. The Bertz CT molecular complexity index is 1110. The van der Waals surface area contributed by atoms with Crippen LogP contribution in [0.1, 0.15) is 16.1 Å². The van der Waals surface area contributed by atoms with Crippen molar-refractivity contribution in [2.75, 3.05) is 5.32 Å². The van der Waals surface area contributed by atoms with Crippen molar-refractivity contribution in [2.45, 2.75) is 13.3 Å². The molecule has 0 radical (unpaired) electrons. The molecule has 4 aromatic rings. The number of halogens is 1. The number of benzene rings is 2. The molecular weight excluding hydrogens is 390 g/mol. The van der Waals surface area contributed by atoms with Crippen LogP contribution >= 0.6 is 11.6 Å². The van der Waals surface area contributed by atoms with E-state index in [-0.39, 0.29) is 18.3 Å². The van der Waals surface area contributed by atoms with E-state index in [0.717, 1.165) is 5.56 Å². The highest BCUT2D eigenvalue weighted by Gasteiger charge is 2.12. The number of carbonyl (C=O) groups is 1. The van der Waals surface area contributed by atoms with Crippen LogP contribution < -0.4 is 10.1 Å². The van der Waals surface area contributed by atoms with Gasteiger partial charge >= 0.3 is 0 Å². The van der Waals surface area contributed by atoms with E-state index in [2.05, 4.69) is 15.5 Å². The Hall–Kier alpha value is -3.58. The zero-order chi connectivity index (χ0) is 20.1. The Kier molecular flexibility index (Phi) is 5.58. The van der Waals surface area contributed by atoms with Crippen LogP contribution in [0.5, 0.6) is 5.75 Å². The third-order valence-electron chi connectivity index (χ3n) is 4.13. The molecule has 8 heteroatoms. The topological polar surface area (TPSA) is 74.0 Å². The van der Waals surface area contributed by atoms with Gasteiger partial charge in [0, 0.05) is 18.5 Å². The number of amides is 1. The summed E-state index contributed by atoms with van der Waals surface area (Å²) < 4.78 is 8.90. The second-order valence-electron chi connectivity index (χ2n) is 6.28. The molecule has 2 heterocycles. The molecule has 1 N–H and O–H groups in total. The summed E-state index contributed by atoms with van der Waals surface area (Å²) in [4.78, 5) is 12.4. The molecular formula is C21H18ClN5O2. The lowest BCUT2D eigenvalue weighted by Gasteiger charge is -2.07. The van der Waals surface area contributed by atoms with Gasteiger partial charge in [0.25, 0.3) is 5.91 Å². The van der Waals surface area contributed by atoms with E-state index in [0.29, 0.717) is 23.1 Å². The van der Waals surface area contributed by atoms with Crippen LogP contribution in [0.2, 0.25) is 5.02 Å². The molecule has 0 aliphatic carbocycles. The van der Waals surface area contributed by atoms with Crippen molar-refractivity contribution < 1.29 is 9.53 Å². The average Bonchev–Trinajstić information content (AvgIpc) is 3.38. The number of anilines is 1. The number of aromatic nitrogens is 4. The molecule has 2 aromatic carbocycles. The van der Waals surface area contributed by atoms with Gasteiger partial charge in [0.2, 0.25) is 0 Å². The van der Waals surface area contributed by atoms with E-state index in [1.54, 1.807) is 35.1 Å². The van der Waals surface area contributed by atoms with E-state index in [9.17, 15) is 4.79 Å². The number of nitrogens with one attached hydrogen (secondary N) is 1. The molecule has 0 aliphatic heterocycles. The van der Waals surface area contributed by atoms with Gasteiger partial charge in [0.1, 0.15) is 5.75 Å². The van der Waals surface area contributed by atoms with E-state index in [1.165, 1.54) is 4.68 Å². The predicted molar refractivity (Wildman–Crippen MR) is 110 cm³/mol. The lowest BCUT2D eigenvalue weighted by molar-refractivity contribution is 0.101. The van der Waals surface area contributed by atoms with Crippen molar-refractivity contribution >= 4 is 23.3 Å². The Labute approximate surface area is 172 Å². The second kappa shape index (κ2) is 8.62. The maximum Gasteiger partial charge on any atom is 0.277 e. The van der Waals surface area contributed by atoms with Crippen molar-refractivity contribution in [3.05, 3.63) is 95.4 Å². The molecule has 0 saturated heterocycles. The van der Waals surface area contributed by atoms with Gasteiger partial charge in [-0.3, -0.25) is 9.48 Å². The second-order valence-corrected chi connectivity index (χ2v) is 6.69. The minimum Gasteiger partial charge on any atom is -0.470 e. The van der Waals surface area contributed by atoms with Gasteiger partial charge in [-0.15, -0.1) is 0 Å². The summed E-state index contributed by atoms with van der Waals surface area (Å²) >= 11 is 6.06. The summed E-state index contributed by atoms with van der Waals surface area (Å²) in [7, 11) is 0. The molecule has 7 nitrogen and oxygen atoms in total. The SMILES string of the molecule is O=C(Nc1ccn(Cc2ccccc2)n1)c1ccn(COc2ccccc2Cl)n1. The first kappa shape index (κ1) is 18.8. The number of rotatable bonds is 7. The van der Waals surface area contributed by atoms with Crippen LogP contribution in [0.15, 0.2) is 79.1 Å². The predicted octanol–water partition coefficient (Wildman–Crippen LogP) is 4.07. The third-order valence-corrected chi connectivity index (χ3v) is 4.44. The fourth-order valence-electron chi connectivity index (χ4n) is 2.72. The number of ether oxygens (including phenoxy) is 1. The van der Waals surface area contributed by atoms with Crippen LogP contribution in [-0.2, 0) is 13.3 Å². The van der Waals surface area contributed by atoms with Crippen LogP contribution in [-0.4, -0.2) is 25.5 Å². The summed E-state index contributed by atoms with van der Waals surface area (Å²) in [5.74, 6) is 0.680. The fraction of sp³-hybridized carbons (Fsp3) is 0.0952. The molecule has 0 spiro atoms. The van der Waals surface area contributed by atoms with Crippen molar-refractivity contribution in [2.24, 2.45) is 0 Å². The number of carbonyl (C=O) groups excluding carboxylic acids is 1. The summed E-state index contributed by atoms with van der Waals surface area (Å²) in [6, 6.07) is 20.5. The Morgan fingerprint density at radius 1 is 0.931 bits per heavy atom. The van der Waals surface area contributed by atoms with Crippen molar-refractivity contribution in [1.82, 2.24) is 19.6 Å². The van der Waals surface area contributed by atoms with Crippen LogP contribution in [0.25, 0.3) is 0 Å². The highest BCUT2D eigenvalue weighted by Crippen LogP contribution is 2.23. The van der Waals surface area contributed by atoms with Gasteiger partial charge in [-0.1, -0.05) is 54.1 Å². The molecule has 0 aliphatic rings. The zero-order valence-corrected chi connectivity index (χ0v) is 16.2. The molecule has 0 fully saturated rings. The first-order valence-electron chi connectivity index (χ1n) is 8.97. The highest BCUT2D eigenvalue weighted by atomic mass is 35.5. The quantitative estimate of drug-likeness (QED) is 0.501. The van der Waals surface area contributed by atoms with Gasteiger partial charge in [0.15, 0.2) is 18.2 Å². The zero-order valence-electron chi connectivity index (χ0n) is 15.4. The number of hydrogen-bond acceptors (Lipinski definition) is 4. The first-order chi connectivity index (χ1) is 14.2. The normalized spacial score (nSPS) is 10.7. The minimum absolute atomic E-state index is 0.142. The van der Waals surface area contributed by atoms with E-state index in [1.807, 2.05) is 48.7 Å². The van der Waals surface area contributed by atoms with E-state index in [4.69, 9.17) is 16.3 Å². The molecule has 0 saturated carbocycles. The summed E-state index contributed by atoms with van der Waals surface area (Å²) in [5.41, 5.74) is 1.40. The van der Waals surface area contributed by atoms with Gasteiger partial charge in [0.05, 0.1) is 11.6 Å². The average molecular weight is 408 g/mol. The van der Waals surface area contributed by atoms with E-state index >= 15 is 0 Å². The number of para-hydroxylation sites is 1. The molecule has 1 amide bonds. The molecule has 0 bridgehead atoms. The summed E-state index contributed by atoms with van der Waals surface area (Å²) in [5, 5.41) is 11.9. The summed E-state index contributed by atoms with van der Waals surface area (Å²) in [6.45, 7) is 0.771. The van der Waals surface area contributed by atoms with Gasteiger partial charge in [-0.25, -0.2) is 4.68 Å². The standard InChI is InChI=1S/C21H18ClN5O2/c22-17-8-4-5-9-19(17)29-15-27-12-10-18(24-27)21(28)23-20-11-13-26(25-20)14-16-6-2-1-3-7-16/h1-13H,14-15H2,(H,23,25,28). The Morgan fingerprint density at radius 3 is 2.52 bits per heavy atom. The minimum atomic E-state index is -0.341. The first-order valence-corrected chi connectivity index (χ1v) is 9.35. The molecule has 29 heavy (non-hydrogen) atoms. The molecule has 4 rings (SSSR count). The number of nitrogens with zero attached hydrogens (tertiary/aromatic N) is 4. The van der Waals surface area contributed by atoms with Gasteiger partial charge in [-0.2, -0.15) is 10.2 Å². The largest absolute Gasteiger partial charge is 0.470 e. The lowest BCUT2D eigenvalue weighted by Crippen LogP contribution is -2.15. The molecule has 0 unspecified atom stereocenters.